The molecule has 1 amide bonds. The van der Waals surface area contributed by atoms with E-state index in [9.17, 15) is 4.79 Å². The summed E-state index contributed by atoms with van der Waals surface area (Å²) in [6.07, 6.45) is 0.494. The molecule has 0 radical (unpaired) electrons. The maximum atomic E-state index is 11.3. The predicted molar refractivity (Wildman–Crippen MR) is 82.0 cm³/mol. The minimum absolute atomic E-state index is 0.0168. The van der Waals surface area contributed by atoms with E-state index in [0.29, 0.717) is 6.42 Å². The first kappa shape index (κ1) is 13.6. The highest BCUT2D eigenvalue weighted by atomic mass is 16.2. The van der Waals surface area contributed by atoms with Gasteiger partial charge in [-0.1, -0.05) is 31.2 Å². The van der Waals surface area contributed by atoms with Crippen molar-refractivity contribution in [2.75, 3.05) is 13.1 Å². The number of hydrogen-bond acceptors (Lipinski definition) is 5. The molecule has 6 nitrogen and oxygen atoms in total. The van der Waals surface area contributed by atoms with Crippen molar-refractivity contribution in [1.82, 2.24) is 16.1 Å². The molecule has 0 fully saturated rings. The van der Waals surface area contributed by atoms with Crippen LogP contribution >= 0.6 is 0 Å². The first-order chi connectivity index (χ1) is 10.2. The Labute approximate surface area is 123 Å². The van der Waals surface area contributed by atoms with Crippen molar-refractivity contribution in [2.24, 2.45) is 16.0 Å². The van der Waals surface area contributed by atoms with Gasteiger partial charge in [-0.2, -0.15) is 5.10 Å². The average molecular weight is 285 g/mol. The van der Waals surface area contributed by atoms with Gasteiger partial charge in [-0.3, -0.25) is 9.79 Å². The second-order valence-electron chi connectivity index (χ2n) is 5.34. The van der Waals surface area contributed by atoms with Gasteiger partial charge >= 0.3 is 0 Å². The number of guanidine groups is 1. The second-order valence-corrected chi connectivity index (χ2v) is 5.34. The fraction of sp³-hybridized carbons (Fsp3) is 0.400. The second kappa shape index (κ2) is 5.95. The normalized spacial score (nSPS) is 21.2. The van der Waals surface area contributed by atoms with E-state index in [1.165, 1.54) is 5.56 Å². The molecule has 1 atom stereocenters. The first-order valence-corrected chi connectivity index (χ1v) is 7.20. The highest BCUT2D eigenvalue weighted by Crippen LogP contribution is 2.17. The largest absolute Gasteiger partial charge is 0.355 e. The van der Waals surface area contributed by atoms with Crippen molar-refractivity contribution in [3.05, 3.63) is 35.4 Å². The lowest BCUT2D eigenvalue weighted by atomic mass is 9.93. The third kappa shape index (κ3) is 3.21. The molecule has 0 aromatic heterocycles. The van der Waals surface area contributed by atoms with Crippen LogP contribution in [-0.2, 0) is 11.3 Å². The number of nitrogens with one attached hydrogen (secondary N) is 3. The van der Waals surface area contributed by atoms with E-state index in [-0.39, 0.29) is 11.8 Å². The van der Waals surface area contributed by atoms with Crippen LogP contribution in [0.3, 0.4) is 0 Å². The van der Waals surface area contributed by atoms with E-state index in [1.807, 2.05) is 19.1 Å². The number of hydrazone groups is 1. The van der Waals surface area contributed by atoms with Crippen molar-refractivity contribution in [3.8, 4) is 0 Å². The van der Waals surface area contributed by atoms with Crippen LogP contribution in [-0.4, -0.2) is 30.7 Å². The highest BCUT2D eigenvalue weighted by Gasteiger charge is 2.21. The molecule has 1 aromatic carbocycles. The fourth-order valence-electron chi connectivity index (χ4n) is 2.50. The molecule has 2 aliphatic rings. The van der Waals surface area contributed by atoms with Gasteiger partial charge in [-0.25, -0.2) is 5.43 Å². The number of rotatable bonds is 3. The van der Waals surface area contributed by atoms with Gasteiger partial charge in [0.1, 0.15) is 0 Å². The minimum atomic E-state index is -0.0168. The van der Waals surface area contributed by atoms with Crippen molar-refractivity contribution in [2.45, 2.75) is 19.9 Å². The van der Waals surface area contributed by atoms with Crippen molar-refractivity contribution >= 4 is 17.6 Å². The Bertz CT molecular complexity index is 591. The average Bonchev–Trinajstić information content (AvgIpc) is 2.99. The highest BCUT2D eigenvalue weighted by molar-refractivity contribution is 6.05. The summed E-state index contributed by atoms with van der Waals surface area (Å²) in [5.41, 5.74) is 5.73. The fourth-order valence-corrected chi connectivity index (χ4v) is 2.50. The molecule has 2 heterocycles. The van der Waals surface area contributed by atoms with Gasteiger partial charge in [0.15, 0.2) is 5.96 Å². The predicted octanol–water partition coefficient (Wildman–Crippen LogP) is 0.596. The summed E-state index contributed by atoms with van der Waals surface area (Å²) in [6, 6.07) is 8.24. The van der Waals surface area contributed by atoms with Gasteiger partial charge in [0, 0.05) is 25.4 Å². The van der Waals surface area contributed by atoms with Crippen molar-refractivity contribution in [1.29, 1.82) is 0 Å². The van der Waals surface area contributed by atoms with Gasteiger partial charge in [0.2, 0.25) is 5.91 Å². The Hall–Kier alpha value is -2.37. The molecule has 2 aliphatic heterocycles. The lowest BCUT2D eigenvalue weighted by Gasteiger charge is -2.19. The van der Waals surface area contributed by atoms with Crippen LogP contribution in [0.5, 0.6) is 0 Å². The van der Waals surface area contributed by atoms with E-state index in [1.54, 1.807) is 0 Å². The molecule has 6 heteroatoms. The van der Waals surface area contributed by atoms with Crippen LogP contribution in [0.2, 0.25) is 0 Å². The molecule has 110 valence electrons. The Morgan fingerprint density at radius 2 is 2.14 bits per heavy atom. The summed E-state index contributed by atoms with van der Waals surface area (Å²) in [5, 5.41) is 10.6. The smallest absolute Gasteiger partial charge is 0.240 e. The van der Waals surface area contributed by atoms with Gasteiger partial charge in [0.05, 0.1) is 12.3 Å². The van der Waals surface area contributed by atoms with Gasteiger partial charge < -0.3 is 10.6 Å². The third-order valence-electron chi connectivity index (χ3n) is 3.64. The number of carbonyl (C=O) groups excluding carboxylic acids is 1. The molecule has 0 saturated heterocycles. The maximum Gasteiger partial charge on any atom is 0.240 e. The van der Waals surface area contributed by atoms with Crippen LogP contribution in [0.1, 0.15) is 24.5 Å². The molecule has 3 rings (SSSR count). The number of nitrogens with zero attached hydrogens (tertiary/aromatic N) is 2. The van der Waals surface area contributed by atoms with Crippen LogP contribution in [0.25, 0.3) is 0 Å². The minimum Gasteiger partial charge on any atom is -0.355 e. The standard InChI is InChI=1S/C15H19N5O/c1-10-8-13(21)19-20-14(10)12-4-2-11(3-5-12)9-18-15-16-6-7-17-15/h2-5,10H,6-9H2,1H3,(H,19,21)(H2,16,17,18). The molecule has 1 aromatic rings. The molecule has 0 spiro atoms. The first-order valence-electron chi connectivity index (χ1n) is 7.20. The van der Waals surface area contributed by atoms with E-state index < -0.39 is 0 Å². The summed E-state index contributed by atoms with van der Waals surface area (Å²) in [6.45, 7) is 4.51. The van der Waals surface area contributed by atoms with Crippen molar-refractivity contribution in [3.63, 3.8) is 0 Å². The summed E-state index contributed by atoms with van der Waals surface area (Å²) in [5.74, 6) is 1.00. The number of benzene rings is 1. The SMILES string of the molecule is CC1CC(=O)NN=C1c1ccc(CNC2=NCCN2)cc1. The Morgan fingerprint density at radius 1 is 1.33 bits per heavy atom. The Morgan fingerprint density at radius 3 is 2.81 bits per heavy atom. The monoisotopic (exact) mass is 285 g/mol. The van der Waals surface area contributed by atoms with Gasteiger partial charge in [-0.15, -0.1) is 0 Å². The van der Waals surface area contributed by atoms with E-state index in [2.05, 4.69) is 38.3 Å². The van der Waals surface area contributed by atoms with Crippen LogP contribution in [0.4, 0.5) is 0 Å². The number of hydrogen-bond donors (Lipinski definition) is 3. The molecular formula is C15H19N5O. The van der Waals surface area contributed by atoms with E-state index in [0.717, 1.165) is 36.9 Å². The number of aliphatic imine (C=N–C) groups is 1. The van der Waals surface area contributed by atoms with E-state index >= 15 is 0 Å². The van der Waals surface area contributed by atoms with Crippen LogP contribution in [0, 0.1) is 5.92 Å². The zero-order chi connectivity index (χ0) is 14.7. The lowest BCUT2D eigenvalue weighted by molar-refractivity contribution is -0.121. The quantitative estimate of drug-likeness (QED) is 0.761. The topological polar surface area (TPSA) is 77.9 Å². The molecule has 3 N–H and O–H groups in total. The molecule has 0 bridgehead atoms. The Kier molecular flexibility index (Phi) is 3.85. The van der Waals surface area contributed by atoms with Crippen molar-refractivity contribution < 1.29 is 4.79 Å². The number of amides is 1. The van der Waals surface area contributed by atoms with Crippen LogP contribution in [0.15, 0.2) is 34.4 Å². The maximum absolute atomic E-state index is 11.3. The molecular weight excluding hydrogens is 266 g/mol. The summed E-state index contributed by atoms with van der Waals surface area (Å²) >= 11 is 0. The summed E-state index contributed by atoms with van der Waals surface area (Å²) in [4.78, 5) is 15.6. The summed E-state index contributed by atoms with van der Waals surface area (Å²) in [7, 11) is 0. The van der Waals surface area contributed by atoms with Crippen LogP contribution < -0.4 is 16.1 Å². The molecule has 0 aliphatic carbocycles. The zero-order valence-electron chi connectivity index (χ0n) is 12.0. The molecule has 1 unspecified atom stereocenters. The van der Waals surface area contributed by atoms with E-state index in [4.69, 9.17) is 0 Å². The summed E-state index contributed by atoms with van der Waals surface area (Å²) < 4.78 is 0. The molecule has 0 saturated carbocycles. The lowest BCUT2D eigenvalue weighted by Crippen LogP contribution is -2.33. The van der Waals surface area contributed by atoms with Gasteiger partial charge in [0.25, 0.3) is 0 Å². The third-order valence-corrected chi connectivity index (χ3v) is 3.64. The molecule has 21 heavy (non-hydrogen) atoms. The number of carbonyl (C=O) groups is 1. The van der Waals surface area contributed by atoms with Gasteiger partial charge in [-0.05, 0) is 11.1 Å². The zero-order valence-corrected chi connectivity index (χ0v) is 12.0. The Balaban J connectivity index is 1.65.